The van der Waals surface area contributed by atoms with Gasteiger partial charge in [0.15, 0.2) is 0 Å². The van der Waals surface area contributed by atoms with Crippen LogP contribution >= 0.6 is 15.8 Å². The summed E-state index contributed by atoms with van der Waals surface area (Å²) in [6.45, 7) is 9.74. The maximum absolute atomic E-state index is 2.55. The third-order valence-corrected chi connectivity index (χ3v) is 14.3. The van der Waals surface area contributed by atoms with E-state index in [9.17, 15) is 0 Å². The largest absolute Gasteiger partial charge is 0.0683 e. The molecule has 2 heteroatoms. The second-order valence-electron chi connectivity index (χ2n) is 7.71. The molecule has 2 aliphatic rings. The van der Waals surface area contributed by atoms with Crippen LogP contribution < -0.4 is 10.6 Å². The van der Waals surface area contributed by atoms with Gasteiger partial charge >= 0.3 is 0 Å². The van der Waals surface area contributed by atoms with Crippen molar-refractivity contribution in [3.05, 3.63) is 24.3 Å². The molecule has 0 N–H and O–H groups in total. The van der Waals surface area contributed by atoms with Crippen LogP contribution in [0, 0.1) is 0 Å². The SMILES string of the molecule is CCC1CC[C@H](CC)P1c1ccccc1P1[C@@H](CC)CC[C@@H]1CC. The summed E-state index contributed by atoms with van der Waals surface area (Å²) in [7, 11) is 0.128. The van der Waals surface area contributed by atoms with E-state index in [-0.39, 0.29) is 15.8 Å². The van der Waals surface area contributed by atoms with Crippen molar-refractivity contribution in [1.29, 1.82) is 0 Å². The molecule has 2 heterocycles. The van der Waals surface area contributed by atoms with Crippen LogP contribution in [0.15, 0.2) is 24.3 Å². The molecule has 0 aromatic heterocycles. The molecule has 2 fully saturated rings. The molecular weight excluding hydrogens is 326 g/mol. The fraction of sp³-hybridized carbons (Fsp3) is 0.727. The van der Waals surface area contributed by atoms with Crippen molar-refractivity contribution in [3.8, 4) is 0 Å². The highest BCUT2D eigenvalue weighted by atomic mass is 31.1. The second-order valence-corrected chi connectivity index (χ2v) is 13.2. The average Bonchev–Trinajstić information content (AvgIpc) is 3.24. The van der Waals surface area contributed by atoms with E-state index in [0.717, 1.165) is 22.6 Å². The molecular formula is C22H36P2. The van der Waals surface area contributed by atoms with Crippen molar-refractivity contribution in [1.82, 2.24) is 0 Å². The number of benzene rings is 1. The van der Waals surface area contributed by atoms with Crippen molar-refractivity contribution in [2.24, 2.45) is 0 Å². The van der Waals surface area contributed by atoms with Gasteiger partial charge in [-0.25, -0.2) is 0 Å². The first kappa shape index (κ1) is 18.9. The summed E-state index contributed by atoms with van der Waals surface area (Å²) >= 11 is 0. The Balaban J connectivity index is 2.01. The zero-order valence-electron chi connectivity index (χ0n) is 16.2. The number of rotatable bonds is 6. The molecule has 134 valence electrons. The molecule has 0 saturated carbocycles. The Hall–Kier alpha value is 0.0800. The Morgan fingerprint density at radius 1 is 0.625 bits per heavy atom. The van der Waals surface area contributed by atoms with Crippen LogP contribution in [0.4, 0.5) is 0 Å². The second kappa shape index (κ2) is 8.64. The quantitative estimate of drug-likeness (QED) is 0.500. The van der Waals surface area contributed by atoms with Crippen LogP contribution in [-0.4, -0.2) is 22.6 Å². The molecule has 0 bridgehead atoms. The fourth-order valence-corrected chi connectivity index (χ4v) is 13.1. The molecule has 1 aromatic carbocycles. The maximum atomic E-state index is 2.55. The number of hydrogen-bond donors (Lipinski definition) is 0. The van der Waals surface area contributed by atoms with E-state index >= 15 is 0 Å². The molecule has 24 heavy (non-hydrogen) atoms. The van der Waals surface area contributed by atoms with E-state index in [0.29, 0.717) is 0 Å². The minimum Gasteiger partial charge on any atom is -0.0683 e. The van der Waals surface area contributed by atoms with Gasteiger partial charge in [-0.3, -0.25) is 0 Å². The number of hydrogen-bond acceptors (Lipinski definition) is 0. The van der Waals surface area contributed by atoms with Crippen molar-refractivity contribution >= 4 is 26.5 Å². The Kier molecular flexibility index (Phi) is 6.79. The van der Waals surface area contributed by atoms with Crippen molar-refractivity contribution in [2.75, 3.05) is 0 Å². The van der Waals surface area contributed by atoms with Gasteiger partial charge in [-0.2, -0.15) is 0 Å². The van der Waals surface area contributed by atoms with Gasteiger partial charge in [-0.05, 0) is 84.6 Å². The van der Waals surface area contributed by atoms with Crippen LogP contribution in [-0.2, 0) is 0 Å². The lowest BCUT2D eigenvalue weighted by atomic mass is 10.1. The third kappa shape index (κ3) is 3.48. The van der Waals surface area contributed by atoms with Gasteiger partial charge in [-0.1, -0.05) is 67.8 Å². The van der Waals surface area contributed by atoms with Crippen molar-refractivity contribution in [3.63, 3.8) is 0 Å². The summed E-state index contributed by atoms with van der Waals surface area (Å²) in [6.07, 6.45) is 11.5. The summed E-state index contributed by atoms with van der Waals surface area (Å²) in [5.74, 6) is 0. The first-order valence-corrected chi connectivity index (χ1v) is 13.4. The van der Waals surface area contributed by atoms with Gasteiger partial charge in [0.1, 0.15) is 0 Å². The lowest BCUT2D eigenvalue weighted by Gasteiger charge is -2.32. The van der Waals surface area contributed by atoms with E-state index < -0.39 is 0 Å². The summed E-state index contributed by atoms with van der Waals surface area (Å²) in [6, 6.07) is 9.79. The van der Waals surface area contributed by atoms with Gasteiger partial charge in [0, 0.05) is 0 Å². The molecule has 5 atom stereocenters. The van der Waals surface area contributed by atoms with E-state index in [1.165, 1.54) is 51.4 Å². The van der Waals surface area contributed by atoms with Gasteiger partial charge < -0.3 is 0 Å². The summed E-state index contributed by atoms with van der Waals surface area (Å²) in [5.41, 5.74) is 3.96. The summed E-state index contributed by atoms with van der Waals surface area (Å²) in [4.78, 5) is 0. The predicted octanol–water partition coefficient (Wildman–Crippen LogP) is 6.60. The standard InChI is InChI=1S/C22H36P2/c1-5-17-13-14-18(6-2)23(17)21-11-9-10-12-22(21)24-19(7-3)15-16-20(24)8-4/h9-12,17-20H,5-8,13-16H2,1-4H3/t17-,18-,19-,20?,24?/m0/s1. The van der Waals surface area contributed by atoms with Crippen LogP contribution in [0.2, 0.25) is 0 Å². The lowest BCUT2D eigenvalue weighted by Crippen LogP contribution is -2.30. The highest BCUT2D eigenvalue weighted by Crippen LogP contribution is 2.61. The van der Waals surface area contributed by atoms with Crippen LogP contribution in [0.1, 0.15) is 79.1 Å². The third-order valence-electron chi connectivity index (χ3n) is 6.56. The predicted molar refractivity (Wildman–Crippen MR) is 114 cm³/mol. The molecule has 0 aliphatic carbocycles. The van der Waals surface area contributed by atoms with Crippen LogP contribution in [0.5, 0.6) is 0 Å². The Morgan fingerprint density at radius 3 is 1.17 bits per heavy atom. The van der Waals surface area contributed by atoms with Gasteiger partial charge in [0.2, 0.25) is 0 Å². The van der Waals surface area contributed by atoms with E-state index in [1.807, 2.05) is 10.6 Å². The Morgan fingerprint density at radius 2 is 0.917 bits per heavy atom. The molecule has 0 spiro atoms. The lowest BCUT2D eigenvalue weighted by molar-refractivity contribution is 0.696. The Labute approximate surface area is 152 Å². The molecule has 3 rings (SSSR count). The zero-order chi connectivity index (χ0) is 17.1. The van der Waals surface area contributed by atoms with Gasteiger partial charge in [0.25, 0.3) is 0 Å². The molecule has 0 radical (unpaired) electrons. The normalized spacial score (nSPS) is 34.1. The minimum absolute atomic E-state index is 0.0639. The molecule has 0 nitrogen and oxygen atoms in total. The minimum atomic E-state index is 0.0639. The van der Waals surface area contributed by atoms with E-state index in [2.05, 4.69) is 52.0 Å². The molecule has 1 aromatic rings. The van der Waals surface area contributed by atoms with Gasteiger partial charge in [-0.15, -0.1) is 0 Å². The monoisotopic (exact) mass is 362 g/mol. The maximum Gasteiger partial charge on any atom is -0.0158 e. The van der Waals surface area contributed by atoms with Crippen molar-refractivity contribution < 1.29 is 0 Å². The smallest absolute Gasteiger partial charge is 0.0158 e. The molecule has 2 saturated heterocycles. The molecule has 2 aliphatic heterocycles. The highest BCUT2D eigenvalue weighted by molar-refractivity contribution is 7.73. The van der Waals surface area contributed by atoms with Crippen LogP contribution in [0.25, 0.3) is 0 Å². The molecule has 2 unspecified atom stereocenters. The Bertz CT molecular complexity index is 455. The van der Waals surface area contributed by atoms with E-state index in [4.69, 9.17) is 0 Å². The van der Waals surface area contributed by atoms with Gasteiger partial charge in [0.05, 0.1) is 0 Å². The topological polar surface area (TPSA) is 0 Å². The van der Waals surface area contributed by atoms with Crippen molar-refractivity contribution in [2.45, 2.75) is 102 Å². The zero-order valence-corrected chi connectivity index (χ0v) is 18.0. The first-order valence-electron chi connectivity index (χ1n) is 10.4. The summed E-state index contributed by atoms with van der Waals surface area (Å²) in [5, 5.41) is 3.68. The first-order chi connectivity index (χ1) is 11.7. The average molecular weight is 362 g/mol. The van der Waals surface area contributed by atoms with E-state index in [1.54, 1.807) is 0 Å². The fourth-order valence-electron chi connectivity index (χ4n) is 5.21. The van der Waals surface area contributed by atoms with Crippen LogP contribution in [0.3, 0.4) is 0 Å². The summed E-state index contributed by atoms with van der Waals surface area (Å²) < 4.78 is 0. The highest BCUT2D eigenvalue weighted by Gasteiger charge is 2.40. The molecule has 0 amide bonds.